The summed E-state index contributed by atoms with van der Waals surface area (Å²) in [6.07, 6.45) is -1.25. The molecule has 25 heavy (non-hydrogen) atoms. The second kappa shape index (κ2) is 8.32. The molecule has 0 aliphatic carbocycles. The molecule has 1 amide bonds. The summed E-state index contributed by atoms with van der Waals surface area (Å²) in [5.74, 6) is 0.222. The fourth-order valence-electron chi connectivity index (χ4n) is 2.51. The molecule has 0 saturated heterocycles. The number of amides is 1. The van der Waals surface area contributed by atoms with E-state index < -0.39 is 6.10 Å². The largest absolute Gasteiger partial charge is 0.497 e. The van der Waals surface area contributed by atoms with E-state index in [9.17, 15) is 9.90 Å². The van der Waals surface area contributed by atoms with Crippen molar-refractivity contribution < 1.29 is 14.6 Å². The van der Waals surface area contributed by atoms with Crippen LogP contribution in [0.25, 0.3) is 0 Å². The third kappa shape index (κ3) is 4.59. The lowest BCUT2D eigenvalue weighted by Crippen LogP contribution is -2.39. The Balaban J connectivity index is 2.20. The molecule has 0 radical (unpaired) electrons. The molecule has 2 aromatic rings. The highest BCUT2D eigenvalue weighted by atomic mass is 16.5. The van der Waals surface area contributed by atoms with Gasteiger partial charge in [0, 0.05) is 12.6 Å². The molecule has 0 aliphatic rings. The van der Waals surface area contributed by atoms with Crippen LogP contribution in [0.4, 0.5) is 0 Å². The lowest BCUT2D eigenvalue weighted by atomic mass is 10.1. The molecule has 5 nitrogen and oxygen atoms in total. The van der Waals surface area contributed by atoms with Crippen molar-refractivity contribution in [1.29, 1.82) is 5.26 Å². The number of hydrogen-bond donors (Lipinski definition) is 1. The molecule has 0 bridgehead atoms. The number of nitriles is 1. The number of carbonyl (C=O) groups is 1. The fourth-order valence-corrected chi connectivity index (χ4v) is 2.51. The Morgan fingerprint density at radius 3 is 2.48 bits per heavy atom. The molecule has 1 unspecified atom stereocenters. The van der Waals surface area contributed by atoms with Crippen molar-refractivity contribution in [3.63, 3.8) is 0 Å². The molecular weight excluding hydrogens is 316 g/mol. The molecular formula is C20H22N2O3. The van der Waals surface area contributed by atoms with Crippen molar-refractivity contribution in [3.05, 3.63) is 65.2 Å². The third-order valence-corrected chi connectivity index (χ3v) is 3.99. The zero-order valence-corrected chi connectivity index (χ0v) is 14.6. The van der Waals surface area contributed by atoms with Gasteiger partial charge in [0.25, 0.3) is 5.91 Å². The Labute approximate surface area is 148 Å². The lowest BCUT2D eigenvalue weighted by Gasteiger charge is -2.29. The number of aliphatic hydroxyl groups is 1. The number of rotatable bonds is 6. The van der Waals surface area contributed by atoms with Crippen LogP contribution in [0.2, 0.25) is 0 Å². The van der Waals surface area contributed by atoms with Gasteiger partial charge in [-0.3, -0.25) is 4.79 Å². The predicted octanol–water partition coefficient (Wildman–Crippen LogP) is 3.04. The van der Waals surface area contributed by atoms with Gasteiger partial charge in [-0.05, 0) is 49.2 Å². The molecule has 0 spiro atoms. The maximum atomic E-state index is 12.8. The molecule has 0 heterocycles. The number of ether oxygens (including phenoxy) is 1. The monoisotopic (exact) mass is 338 g/mol. The van der Waals surface area contributed by atoms with Crippen LogP contribution in [0.5, 0.6) is 5.75 Å². The predicted molar refractivity (Wildman–Crippen MR) is 94.8 cm³/mol. The van der Waals surface area contributed by atoms with Crippen LogP contribution < -0.4 is 4.74 Å². The van der Waals surface area contributed by atoms with Crippen molar-refractivity contribution in [2.45, 2.75) is 32.5 Å². The average Bonchev–Trinajstić information content (AvgIpc) is 2.65. The van der Waals surface area contributed by atoms with E-state index in [1.807, 2.05) is 26.0 Å². The van der Waals surface area contributed by atoms with Crippen molar-refractivity contribution >= 4 is 5.91 Å². The molecule has 5 heteroatoms. The quantitative estimate of drug-likeness (QED) is 0.878. The van der Waals surface area contributed by atoms with Crippen LogP contribution in [0.15, 0.2) is 48.5 Å². The first kappa shape index (κ1) is 18.5. The number of hydrogen-bond acceptors (Lipinski definition) is 4. The van der Waals surface area contributed by atoms with Gasteiger partial charge in [-0.25, -0.2) is 0 Å². The summed E-state index contributed by atoms with van der Waals surface area (Å²) in [4.78, 5) is 14.4. The van der Waals surface area contributed by atoms with E-state index in [1.165, 1.54) is 0 Å². The van der Waals surface area contributed by atoms with Crippen LogP contribution in [0.3, 0.4) is 0 Å². The molecule has 2 aromatic carbocycles. The smallest absolute Gasteiger partial charge is 0.256 e. The summed E-state index contributed by atoms with van der Waals surface area (Å²) in [6, 6.07) is 15.9. The minimum absolute atomic E-state index is 0.0802. The zero-order valence-electron chi connectivity index (χ0n) is 14.6. The Morgan fingerprint density at radius 2 is 1.92 bits per heavy atom. The fraction of sp³-hybridized carbons (Fsp3) is 0.300. The SMILES string of the molecule is COc1cccc(C(O)C(=O)N(Cc2ccc(C#N)cc2)C(C)C)c1. The number of nitrogens with zero attached hydrogens (tertiary/aromatic N) is 2. The maximum absolute atomic E-state index is 12.8. The van der Waals surface area contributed by atoms with E-state index in [2.05, 4.69) is 6.07 Å². The van der Waals surface area contributed by atoms with Crippen molar-refractivity contribution in [1.82, 2.24) is 4.90 Å². The lowest BCUT2D eigenvalue weighted by molar-refractivity contribution is -0.143. The normalized spacial score (nSPS) is 11.7. The average molecular weight is 338 g/mol. The van der Waals surface area contributed by atoms with Crippen LogP contribution >= 0.6 is 0 Å². The molecule has 0 aromatic heterocycles. The molecule has 130 valence electrons. The summed E-state index contributed by atoms with van der Waals surface area (Å²) < 4.78 is 5.15. The Kier molecular flexibility index (Phi) is 6.15. The maximum Gasteiger partial charge on any atom is 0.256 e. The molecule has 2 rings (SSSR count). The van der Waals surface area contributed by atoms with Gasteiger partial charge in [0.1, 0.15) is 5.75 Å². The first-order chi connectivity index (χ1) is 12.0. The highest BCUT2D eigenvalue weighted by Gasteiger charge is 2.26. The summed E-state index contributed by atoms with van der Waals surface area (Å²) in [7, 11) is 1.54. The van der Waals surface area contributed by atoms with Crippen LogP contribution in [-0.4, -0.2) is 29.1 Å². The van der Waals surface area contributed by atoms with Crippen molar-refractivity contribution in [3.8, 4) is 11.8 Å². The first-order valence-corrected chi connectivity index (χ1v) is 8.07. The standard InChI is InChI=1S/C20H22N2O3/c1-14(2)22(13-16-9-7-15(12-21)8-10-16)20(24)19(23)17-5-4-6-18(11-17)25-3/h4-11,14,19,23H,13H2,1-3H3. The van der Waals surface area contributed by atoms with Gasteiger partial charge in [0.2, 0.25) is 0 Å². The number of benzene rings is 2. The summed E-state index contributed by atoms with van der Waals surface area (Å²) in [6.45, 7) is 4.17. The van der Waals surface area contributed by atoms with E-state index >= 15 is 0 Å². The van der Waals surface area contributed by atoms with Gasteiger partial charge in [-0.2, -0.15) is 5.26 Å². The Hall–Kier alpha value is -2.84. The van der Waals surface area contributed by atoms with Gasteiger partial charge in [-0.1, -0.05) is 24.3 Å². The highest BCUT2D eigenvalue weighted by Crippen LogP contribution is 2.23. The van der Waals surface area contributed by atoms with Crippen LogP contribution in [0.1, 0.15) is 36.6 Å². The van der Waals surface area contributed by atoms with Gasteiger partial charge < -0.3 is 14.7 Å². The molecule has 0 aliphatic heterocycles. The van der Waals surface area contributed by atoms with E-state index in [-0.39, 0.29) is 11.9 Å². The minimum Gasteiger partial charge on any atom is -0.497 e. The molecule has 1 atom stereocenters. The highest BCUT2D eigenvalue weighted by molar-refractivity contribution is 5.82. The van der Waals surface area contributed by atoms with Gasteiger partial charge in [0.05, 0.1) is 18.7 Å². The molecule has 0 fully saturated rings. The summed E-state index contributed by atoms with van der Waals surface area (Å²) in [5.41, 5.74) is 1.97. The Bertz CT molecular complexity index is 763. The zero-order chi connectivity index (χ0) is 18.4. The van der Waals surface area contributed by atoms with Crippen molar-refractivity contribution in [2.75, 3.05) is 7.11 Å². The molecule has 0 saturated carbocycles. The van der Waals surface area contributed by atoms with Crippen LogP contribution in [0, 0.1) is 11.3 Å². The van der Waals surface area contributed by atoms with Crippen LogP contribution in [-0.2, 0) is 11.3 Å². The third-order valence-electron chi connectivity index (χ3n) is 3.99. The molecule has 1 N–H and O–H groups in total. The Morgan fingerprint density at radius 1 is 1.24 bits per heavy atom. The van der Waals surface area contributed by atoms with E-state index in [1.54, 1.807) is 48.4 Å². The van der Waals surface area contributed by atoms with Gasteiger partial charge in [0.15, 0.2) is 6.10 Å². The van der Waals surface area contributed by atoms with E-state index in [0.717, 1.165) is 5.56 Å². The summed E-state index contributed by atoms with van der Waals surface area (Å²) >= 11 is 0. The van der Waals surface area contributed by atoms with E-state index in [4.69, 9.17) is 10.00 Å². The van der Waals surface area contributed by atoms with Gasteiger partial charge >= 0.3 is 0 Å². The number of carbonyl (C=O) groups excluding carboxylic acids is 1. The topological polar surface area (TPSA) is 73.6 Å². The number of methoxy groups -OCH3 is 1. The van der Waals surface area contributed by atoms with Crippen molar-refractivity contribution in [2.24, 2.45) is 0 Å². The summed E-state index contributed by atoms with van der Waals surface area (Å²) in [5, 5.41) is 19.4. The second-order valence-corrected chi connectivity index (χ2v) is 6.05. The second-order valence-electron chi connectivity index (χ2n) is 6.05. The number of aliphatic hydroxyl groups excluding tert-OH is 1. The van der Waals surface area contributed by atoms with E-state index in [0.29, 0.717) is 23.4 Å². The first-order valence-electron chi connectivity index (χ1n) is 8.07. The van der Waals surface area contributed by atoms with Gasteiger partial charge in [-0.15, -0.1) is 0 Å². The minimum atomic E-state index is -1.25.